The van der Waals surface area contributed by atoms with Crippen LogP contribution in [0.3, 0.4) is 0 Å². The van der Waals surface area contributed by atoms with Gasteiger partial charge in [0.1, 0.15) is 12.1 Å². The van der Waals surface area contributed by atoms with Crippen LogP contribution in [0.15, 0.2) is 53.3 Å². The topological polar surface area (TPSA) is 69.0 Å². The fourth-order valence-corrected chi connectivity index (χ4v) is 4.85. The number of amides is 1. The molecule has 6 nitrogen and oxygen atoms in total. The molecule has 0 aliphatic heterocycles. The number of hydrogen-bond acceptors (Lipinski definition) is 6. The quantitative estimate of drug-likeness (QED) is 0.471. The maximum absolute atomic E-state index is 12.7. The Kier molecular flexibility index (Phi) is 7.71. The van der Waals surface area contributed by atoms with Crippen molar-refractivity contribution in [2.45, 2.75) is 37.9 Å². The van der Waals surface area contributed by atoms with Crippen LogP contribution < -0.4 is 10.1 Å². The number of ether oxygens (including phenoxy) is 1. The van der Waals surface area contributed by atoms with E-state index in [1.54, 1.807) is 24.8 Å². The van der Waals surface area contributed by atoms with Gasteiger partial charge in [0.25, 0.3) is 0 Å². The molecule has 1 amide bonds. The van der Waals surface area contributed by atoms with Gasteiger partial charge in [0.15, 0.2) is 5.16 Å². The number of thiophene rings is 1. The number of rotatable bonds is 10. The number of aromatic nitrogens is 3. The van der Waals surface area contributed by atoms with Crippen LogP contribution in [0, 0.1) is 5.92 Å². The van der Waals surface area contributed by atoms with Gasteiger partial charge in [-0.05, 0) is 41.6 Å². The molecule has 1 N–H and O–H groups in total. The van der Waals surface area contributed by atoms with Gasteiger partial charge in [-0.15, -0.1) is 21.5 Å². The lowest BCUT2D eigenvalue weighted by atomic mass is 9.93. The molecule has 0 saturated carbocycles. The standard InChI is InChI=1S/C21H26N4O2S2/c1-4-15(5-2)20(18-7-6-12-28-18)23-19(26)13-29-21-24-22-14-25(21)16-8-10-17(27-3)11-9-16/h6-12,14-15,20H,4-5,13H2,1-3H3,(H,23,26). The van der Waals surface area contributed by atoms with E-state index in [-0.39, 0.29) is 17.7 Å². The van der Waals surface area contributed by atoms with Crippen LogP contribution in [-0.4, -0.2) is 33.5 Å². The van der Waals surface area contributed by atoms with Crippen LogP contribution in [0.4, 0.5) is 0 Å². The van der Waals surface area contributed by atoms with E-state index in [0.717, 1.165) is 24.3 Å². The van der Waals surface area contributed by atoms with E-state index in [9.17, 15) is 4.79 Å². The minimum atomic E-state index is 0.00424. The summed E-state index contributed by atoms with van der Waals surface area (Å²) in [7, 11) is 1.64. The molecule has 0 aliphatic rings. The van der Waals surface area contributed by atoms with Gasteiger partial charge >= 0.3 is 0 Å². The van der Waals surface area contributed by atoms with E-state index in [1.807, 2.05) is 34.9 Å². The van der Waals surface area contributed by atoms with Crippen molar-refractivity contribution in [1.82, 2.24) is 20.1 Å². The second-order valence-corrected chi connectivity index (χ2v) is 8.53. The SMILES string of the molecule is CCC(CC)C(NC(=O)CSc1nncn1-c1ccc(OC)cc1)c1cccs1. The van der Waals surface area contributed by atoms with Crippen molar-refractivity contribution in [3.8, 4) is 11.4 Å². The molecule has 154 valence electrons. The average molecular weight is 431 g/mol. The Morgan fingerprint density at radius 2 is 2.00 bits per heavy atom. The second-order valence-electron chi connectivity index (χ2n) is 6.61. The molecule has 1 atom stereocenters. The van der Waals surface area contributed by atoms with Crippen molar-refractivity contribution >= 4 is 29.0 Å². The van der Waals surface area contributed by atoms with E-state index in [1.165, 1.54) is 16.6 Å². The normalized spacial score (nSPS) is 12.1. The predicted octanol–water partition coefficient (Wildman–Crippen LogP) is 4.72. The summed E-state index contributed by atoms with van der Waals surface area (Å²) in [5.41, 5.74) is 0.923. The van der Waals surface area contributed by atoms with Gasteiger partial charge in [0, 0.05) is 10.6 Å². The molecule has 0 saturated heterocycles. The van der Waals surface area contributed by atoms with E-state index < -0.39 is 0 Å². The number of carbonyl (C=O) groups is 1. The maximum atomic E-state index is 12.7. The number of carbonyl (C=O) groups excluding carboxylic acids is 1. The summed E-state index contributed by atoms with van der Waals surface area (Å²) in [6, 6.07) is 11.8. The van der Waals surface area contributed by atoms with E-state index in [0.29, 0.717) is 11.1 Å². The van der Waals surface area contributed by atoms with Crippen LogP contribution in [0.25, 0.3) is 5.69 Å². The second kappa shape index (κ2) is 10.5. The number of benzene rings is 1. The molecule has 1 aromatic carbocycles. The number of methoxy groups -OCH3 is 1. The molecule has 2 heterocycles. The van der Waals surface area contributed by atoms with Crippen molar-refractivity contribution in [1.29, 1.82) is 0 Å². The first-order valence-corrected chi connectivity index (χ1v) is 11.5. The van der Waals surface area contributed by atoms with Gasteiger partial charge in [0.2, 0.25) is 5.91 Å². The third-order valence-electron chi connectivity index (χ3n) is 4.89. The molecule has 0 radical (unpaired) electrons. The van der Waals surface area contributed by atoms with Gasteiger partial charge < -0.3 is 10.1 Å². The molecule has 0 bridgehead atoms. The van der Waals surface area contributed by atoms with Crippen molar-refractivity contribution in [3.63, 3.8) is 0 Å². The largest absolute Gasteiger partial charge is 0.497 e. The van der Waals surface area contributed by atoms with Gasteiger partial charge in [-0.1, -0.05) is 44.5 Å². The third kappa shape index (κ3) is 5.39. The summed E-state index contributed by atoms with van der Waals surface area (Å²) in [6.07, 6.45) is 3.71. The Hall–Kier alpha value is -2.32. The lowest BCUT2D eigenvalue weighted by molar-refractivity contribution is -0.119. The fraction of sp³-hybridized carbons (Fsp3) is 0.381. The highest BCUT2D eigenvalue weighted by molar-refractivity contribution is 7.99. The van der Waals surface area contributed by atoms with E-state index in [2.05, 4.69) is 40.8 Å². The van der Waals surface area contributed by atoms with Gasteiger partial charge in [0.05, 0.1) is 18.9 Å². The Labute approximate surface area is 179 Å². The van der Waals surface area contributed by atoms with Crippen molar-refractivity contribution in [2.75, 3.05) is 12.9 Å². The van der Waals surface area contributed by atoms with Crippen LogP contribution in [-0.2, 0) is 4.79 Å². The molecule has 3 rings (SSSR count). The molecule has 2 aromatic heterocycles. The zero-order valence-corrected chi connectivity index (χ0v) is 18.5. The lowest BCUT2D eigenvalue weighted by Crippen LogP contribution is -2.34. The number of thioether (sulfide) groups is 1. The van der Waals surface area contributed by atoms with Crippen LogP contribution in [0.5, 0.6) is 5.75 Å². The average Bonchev–Trinajstić information content (AvgIpc) is 3.44. The van der Waals surface area contributed by atoms with Gasteiger partial charge in [-0.3, -0.25) is 9.36 Å². The number of hydrogen-bond donors (Lipinski definition) is 1. The minimum Gasteiger partial charge on any atom is -0.497 e. The molecule has 8 heteroatoms. The molecule has 0 spiro atoms. The highest BCUT2D eigenvalue weighted by Crippen LogP contribution is 2.30. The Morgan fingerprint density at radius 3 is 2.62 bits per heavy atom. The lowest BCUT2D eigenvalue weighted by Gasteiger charge is -2.25. The Balaban J connectivity index is 1.65. The van der Waals surface area contributed by atoms with Crippen molar-refractivity contribution in [3.05, 3.63) is 53.0 Å². The van der Waals surface area contributed by atoms with Crippen LogP contribution >= 0.6 is 23.1 Å². The summed E-state index contributed by atoms with van der Waals surface area (Å²) in [5, 5.41) is 14.2. The zero-order valence-electron chi connectivity index (χ0n) is 16.9. The summed E-state index contributed by atoms with van der Waals surface area (Å²) < 4.78 is 7.07. The molecule has 29 heavy (non-hydrogen) atoms. The number of nitrogens with one attached hydrogen (secondary N) is 1. The van der Waals surface area contributed by atoms with E-state index in [4.69, 9.17) is 4.74 Å². The molecule has 1 unspecified atom stereocenters. The summed E-state index contributed by atoms with van der Waals surface area (Å²) in [5.74, 6) is 1.50. The Bertz CT molecular complexity index is 890. The van der Waals surface area contributed by atoms with Crippen molar-refractivity contribution < 1.29 is 9.53 Å². The highest BCUT2D eigenvalue weighted by Gasteiger charge is 2.23. The zero-order chi connectivity index (χ0) is 20.6. The molecule has 3 aromatic rings. The minimum absolute atomic E-state index is 0.00424. The van der Waals surface area contributed by atoms with Gasteiger partial charge in [-0.25, -0.2) is 0 Å². The summed E-state index contributed by atoms with van der Waals surface area (Å²) in [6.45, 7) is 4.35. The first-order chi connectivity index (χ1) is 14.2. The molecule has 0 aliphatic carbocycles. The molecular formula is C21H26N4O2S2. The van der Waals surface area contributed by atoms with Gasteiger partial charge in [-0.2, -0.15) is 0 Å². The first kappa shape index (κ1) is 21.4. The summed E-state index contributed by atoms with van der Waals surface area (Å²) in [4.78, 5) is 13.9. The van der Waals surface area contributed by atoms with E-state index >= 15 is 0 Å². The molecular weight excluding hydrogens is 404 g/mol. The third-order valence-corrected chi connectivity index (χ3v) is 6.78. The number of nitrogens with zero attached hydrogens (tertiary/aromatic N) is 3. The fourth-order valence-electron chi connectivity index (χ4n) is 3.24. The van der Waals surface area contributed by atoms with Crippen LogP contribution in [0.1, 0.15) is 37.6 Å². The predicted molar refractivity (Wildman–Crippen MR) is 118 cm³/mol. The first-order valence-electron chi connectivity index (χ1n) is 9.66. The Morgan fingerprint density at radius 1 is 1.24 bits per heavy atom. The highest BCUT2D eigenvalue weighted by atomic mass is 32.2. The van der Waals surface area contributed by atoms with Crippen LogP contribution in [0.2, 0.25) is 0 Å². The molecule has 0 fully saturated rings. The maximum Gasteiger partial charge on any atom is 0.230 e. The smallest absolute Gasteiger partial charge is 0.230 e. The van der Waals surface area contributed by atoms with Crippen molar-refractivity contribution in [2.24, 2.45) is 5.92 Å². The summed E-state index contributed by atoms with van der Waals surface area (Å²) >= 11 is 3.07. The monoisotopic (exact) mass is 430 g/mol.